The lowest BCUT2D eigenvalue weighted by Gasteiger charge is -2.12. The number of hydrogen-bond acceptors (Lipinski definition) is 4. The van der Waals surface area contributed by atoms with Crippen LogP contribution in [0.15, 0.2) is 41.0 Å². The van der Waals surface area contributed by atoms with Gasteiger partial charge in [-0.15, -0.1) is 0 Å². The predicted octanol–water partition coefficient (Wildman–Crippen LogP) is 5.56. The number of aromatic nitrogens is 3. The van der Waals surface area contributed by atoms with Crippen LogP contribution in [0, 0.1) is 5.92 Å². The minimum absolute atomic E-state index is 0.137. The van der Waals surface area contributed by atoms with E-state index in [9.17, 15) is 4.79 Å². The van der Waals surface area contributed by atoms with Gasteiger partial charge >= 0.3 is 0 Å². The van der Waals surface area contributed by atoms with Gasteiger partial charge in [-0.2, -0.15) is 9.61 Å². The van der Waals surface area contributed by atoms with E-state index in [4.69, 9.17) is 16.6 Å². The molecular formula is C22H27BrClN5O. The molecule has 0 radical (unpaired) electrons. The summed E-state index contributed by atoms with van der Waals surface area (Å²) in [5.41, 5.74) is 2.39. The lowest BCUT2D eigenvalue weighted by molar-refractivity contribution is -0.121. The Labute approximate surface area is 190 Å². The summed E-state index contributed by atoms with van der Waals surface area (Å²) in [6, 6.07) is 9.62. The molecule has 3 rings (SSSR count). The summed E-state index contributed by atoms with van der Waals surface area (Å²) in [5, 5.41) is 11.5. The molecular weight excluding hydrogens is 466 g/mol. The van der Waals surface area contributed by atoms with Crippen LogP contribution in [-0.4, -0.2) is 33.6 Å². The molecule has 2 N–H and O–H groups in total. The molecule has 0 saturated heterocycles. The number of anilines is 1. The van der Waals surface area contributed by atoms with Crippen LogP contribution >= 0.6 is 27.5 Å². The van der Waals surface area contributed by atoms with E-state index in [1.807, 2.05) is 30.3 Å². The highest BCUT2D eigenvalue weighted by Crippen LogP contribution is 2.30. The summed E-state index contributed by atoms with van der Waals surface area (Å²) in [7, 11) is 0. The number of unbranched alkanes of at least 4 members (excludes halogenated alkanes) is 1. The fraction of sp³-hybridized carbons (Fsp3) is 0.409. The Morgan fingerprint density at radius 1 is 1.23 bits per heavy atom. The van der Waals surface area contributed by atoms with Crippen molar-refractivity contribution < 1.29 is 4.79 Å². The second kappa shape index (κ2) is 10.8. The van der Waals surface area contributed by atoms with Gasteiger partial charge in [0, 0.05) is 36.2 Å². The van der Waals surface area contributed by atoms with Crippen LogP contribution in [0.1, 0.15) is 39.5 Å². The Hall–Kier alpha value is -2.12. The van der Waals surface area contributed by atoms with Crippen LogP contribution in [0.5, 0.6) is 0 Å². The molecule has 0 atom stereocenters. The van der Waals surface area contributed by atoms with E-state index in [1.165, 1.54) is 0 Å². The molecule has 1 amide bonds. The maximum absolute atomic E-state index is 11.8. The van der Waals surface area contributed by atoms with Gasteiger partial charge in [0.05, 0.1) is 16.4 Å². The standard InChI is InChI=1S/C22H27BrClN5O/c1-15(2)9-10-21(30)26-12-6-5-11-25-20-13-19(16-7-3-4-8-18(16)24)28-22-17(23)14-27-29(20)22/h3-4,7-8,13-15,25H,5-6,9-12H2,1-2H3,(H,26,30). The van der Waals surface area contributed by atoms with Crippen molar-refractivity contribution in [2.24, 2.45) is 5.92 Å². The van der Waals surface area contributed by atoms with Crippen molar-refractivity contribution in [1.82, 2.24) is 19.9 Å². The highest BCUT2D eigenvalue weighted by Gasteiger charge is 2.13. The van der Waals surface area contributed by atoms with E-state index in [0.717, 1.165) is 53.0 Å². The summed E-state index contributed by atoms with van der Waals surface area (Å²) < 4.78 is 2.60. The third-order valence-electron chi connectivity index (χ3n) is 4.76. The molecule has 0 aliphatic carbocycles. The number of hydrogen-bond donors (Lipinski definition) is 2. The summed E-state index contributed by atoms with van der Waals surface area (Å²) in [5.74, 6) is 1.54. The number of nitrogens with zero attached hydrogens (tertiary/aromatic N) is 3. The van der Waals surface area contributed by atoms with Crippen molar-refractivity contribution in [3.63, 3.8) is 0 Å². The second-order valence-corrected chi connectivity index (χ2v) is 8.91. The zero-order valence-corrected chi connectivity index (χ0v) is 19.6. The molecule has 2 aromatic heterocycles. The molecule has 0 unspecified atom stereocenters. The smallest absolute Gasteiger partial charge is 0.220 e. The third-order valence-corrected chi connectivity index (χ3v) is 5.65. The molecule has 0 spiro atoms. The average Bonchev–Trinajstić information content (AvgIpc) is 3.10. The van der Waals surface area contributed by atoms with E-state index >= 15 is 0 Å². The van der Waals surface area contributed by atoms with Crippen molar-refractivity contribution >= 4 is 44.9 Å². The van der Waals surface area contributed by atoms with Gasteiger partial charge in [-0.05, 0) is 47.2 Å². The van der Waals surface area contributed by atoms with Crippen molar-refractivity contribution in [2.75, 3.05) is 18.4 Å². The minimum atomic E-state index is 0.137. The number of halogens is 2. The lowest BCUT2D eigenvalue weighted by atomic mass is 10.1. The first kappa shape index (κ1) is 22.6. The lowest BCUT2D eigenvalue weighted by Crippen LogP contribution is -2.24. The van der Waals surface area contributed by atoms with E-state index < -0.39 is 0 Å². The quantitative estimate of drug-likeness (QED) is 0.364. The molecule has 0 saturated carbocycles. The molecule has 1 aromatic carbocycles. The van der Waals surface area contributed by atoms with Gasteiger partial charge in [0.1, 0.15) is 5.82 Å². The number of rotatable bonds is 10. The molecule has 0 fully saturated rings. The first-order valence-electron chi connectivity index (χ1n) is 10.3. The Morgan fingerprint density at radius 2 is 2.00 bits per heavy atom. The summed E-state index contributed by atoms with van der Waals surface area (Å²) in [4.78, 5) is 16.5. The Bertz CT molecular complexity index is 1000. The number of carbonyl (C=O) groups is 1. The zero-order valence-electron chi connectivity index (χ0n) is 17.3. The number of nitrogens with one attached hydrogen (secondary N) is 2. The van der Waals surface area contributed by atoms with Gasteiger partial charge < -0.3 is 10.6 Å². The van der Waals surface area contributed by atoms with Crippen molar-refractivity contribution in [3.05, 3.63) is 46.0 Å². The van der Waals surface area contributed by atoms with Gasteiger partial charge in [-0.25, -0.2) is 4.98 Å². The van der Waals surface area contributed by atoms with Crippen molar-refractivity contribution in [2.45, 2.75) is 39.5 Å². The van der Waals surface area contributed by atoms with E-state index in [-0.39, 0.29) is 5.91 Å². The summed E-state index contributed by atoms with van der Waals surface area (Å²) >= 11 is 9.89. The molecule has 2 heterocycles. The van der Waals surface area contributed by atoms with Gasteiger partial charge in [0.25, 0.3) is 0 Å². The number of benzene rings is 1. The normalized spacial score (nSPS) is 11.2. The van der Waals surface area contributed by atoms with E-state index in [0.29, 0.717) is 23.9 Å². The highest BCUT2D eigenvalue weighted by molar-refractivity contribution is 9.10. The monoisotopic (exact) mass is 491 g/mol. The largest absolute Gasteiger partial charge is 0.370 e. The van der Waals surface area contributed by atoms with Crippen molar-refractivity contribution in [1.29, 1.82) is 0 Å². The molecule has 0 aliphatic rings. The van der Waals surface area contributed by atoms with Crippen molar-refractivity contribution in [3.8, 4) is 11.3 Å². The molecule has 160 valence electrons. The molecule has 30 heavy (non-hydrogen) atoms. The first-order valence-corrected chi connectivity index (χ1v) is 11.4. The van der Waals surface area contributed by atoms with Gasteiger partial charge in [0.2, 0.25) is 5.91 Å². The van der Waals surface area contributed by atoms with Crippen LogP contribution < -0.4 is 10.6 Å². The zero-order chi connectivity index (χ0) is 21.5. The fourth-order valence-electron chi connectivity index (χ4n) is 3.07. The first-order chi connectivity index (χ1) is 14.5. The minimum Gasteiger partial charge on any atom is -0.370 e. The molecule has 0 aliphatic heterocycles. The van der Waals surface area contributed by atoms with Crippen LogP contribution in [0.25, 0.3) is 16.9 Å². The maximum Gasteiger partial charge on any atom is 0.220 e. The SMILES string of the molecule is CC(C)CCC(=O)NCCCCNc1cc(-c2ccccc2Cl)nc2c(Br)cnn12. The Kier molecular flexibility index (Phi) is 8.10. The average molecular weight is 493 g/mol. The number of fused-ring (bicyclic) bond motifs is 1. The predicted molar refractivity (Wildman–Crippen MR) is 126 cm³/mol. The van der Waals surface area contributed by atoms with Gasteiger partial charge in [0.15, 0.2) is 5.65 Å². The molecule has 8 heteroatoms. The molecule has 0 bridgehead atoms. The second-order valence-electron chi connectivity index (χ2n) is 7.65. The fourth-order valence-corrected chi connectivity index (χ4v) is 3.65. The third kappa shape index (κ3) is 5.95. The van der Waals surface area contributed by atoms with Crippen LogP contribution in [0.2, 0.25) is 5.02 Å². The summed E-state index contributed by atoms with van der Waals surface area (Å²) in [6.07, 6.45) is 5.10. The number of carbonyl (C=O) groups excluding carboxylic acids is 1. The van der Waals surface area contributed by atoms with E-state index in [1.54, 1.807) is 10.7 Å². The molecule has 3 aromatic rings. The maximum atomic E-state index is 11.8. The Morgan fingerprint density at radius 3 is 2.77 bits per heavy atom. The van der Waals surface area contributed by atoms with Crippen LogP contribution in [0.4, 0.5) is 5.82 Å². The summed E-state index contributed by atoms with van der Waals surface area (Å²) in [6.45, 7) is 5.72. The molecule has 6 nitrogen and oxygen atoms in total. The van der Waals surface area contributed by atoms with Crippen LogP contribution in [-0.2, 0) is 4.79 Å². The highest BCUT2D eigenvalue weighted by atomic mass is 79.9. The topological polar surface area (TPSA) is 71.3 Å². The van der Waals surface area contributed by atoms with Gasteiger partial charge in [-0.1, -0.05) is 43.6 Å². The number of amides is 1. The Balaban J connectivity index is 1.59. The van der Waals surface area contributed by atoms with Crippen LogP contribution in [0.3, 0.4) is 0 Å². The van der Waals surface area contributed by atoms with Gasteiger partial charge in [-0.3, -0.25) is 4.79 Å². The van der Waals surface area contributed by atoms with E-state index in [2.05, 4.69) is 45.5 Å².